The highest BCUT2D eigenvalue weighted by atomic mass is 15.3. The Kier molecular flexibility index (Phi) is 4.87. The highest BCUT2D eigenvalue weighted by Gasteiger charge is 2.19. The molecule has 2 aromatic heterocycles. The molecule has 0 aliphatic carbocycles. The van der Waals surface area contributed by atoms with Crippen molar-refractivity contribution in [1.29, 1.82) is 0 Å². The number of benzene rings is 1. The van der Waals surface area contributed by atoms with Crippen LogP contribution in [0, 0.1) is 13.8 Å². The predicted molar refractivity (Wildman–Crippen MR) is 110 cm³/mol. The molecule has 3 heterocycles. The molecule has 0 saturated carbocycles. The highest BCUT2D eigenvalue weighted by molar-refractivity contribution is 5.61. The van der Waals surface area contributed by atoms with Crippen LogP contribution in [0.2, 0.25) is 0 Å². The Bertz CT molecular complexity index is 883. The van der Waals surface area contributed by atoms with Gasteiger partial charge in [0.1, 0.15) is 23.8 Å². The van der Waals surface area contributed by atoms with Gasteiger partial charge in [-0.1, -0.05) is 12.1 Å². The average molecular weight is 360 g/mol. The maximum atomic E-state index is 4.48. The average Bonchev–Trinajstić information content (AvgIpc) is 2.68. The number of hydrogen-bond acceptors (Lipinski definition) is 6. The van der Waals surface area contributed by atoms with Crippen LogP contribution in [0.25, 0.3) is 0 Å². The van der Waals surface area contributed by atoms with Crippen LogP contribution in [0.5, 0.6) is 0 Å². The van der Waals surface area contributed by atoms with Crippen LogP contribution in [0.4, 0.5) is 23.1 Å². The molecular weight excluding hydrogens is 336 g/mol. The van der Waals surface area contributed by atoms with Crippen molar-refractivity contribution in [3.05, 3.63) is 66.1 Å². The zero-order valence-electron chi connectivity index (χ0n) is 15.8. The van der Waals surface area contributed by atoms with Crippen molar-refractivity contribution in [2.45, 2.75) is 13.8 Å². The van der Waals surface area contributed by atoms with Crippen molar-refractivity contribution < 1.29 is 0 Å². The van der Waals surface area contributed by atoms with E-state index in [9.17, 15) is 0 Å². The summed E-state index contributed by atoms with van der Waals surface area (Å²) >= 11 is 0. The fourth-order valence-corrected chi connectivity index (χ4v) is 3.49. The number of aromatic nitrogens is 3. The molecule has 1 aromatic carbocycles. The van der Waals surface area contributed by atoms with Crippen LogP contribution in [0.15, 0.2) is 55.0 Å². The molecular formula is C21H24N6. The van der Waals surface area contributed by atoms with Crippen molar-refractivity contribution in [2.75, 3.05) is 41.3 Å². The zero-order valence-corrected chi connectivity index (χ0v) is 15.8. The van der Waals surface area contributed by atoms with Crippen LogP contribution in [0.1, 0.15) is 11.1 Å². The molecule has 1 aliphatic rings. The highest BCUT2D eigenvalue weighted by Crippen LogP contribution is 2.22. The van der Waals surface area contributed by atoms with Gasteiger partial charge in [0.15, 0.2) is 0 Å². The van der Waals surface area contributed by atoms with Crippen molar-refractivity contribution in [2.24, 2.45) is 0 Å². The van der Waals surface area contributed by atoms with E-state index in [1.54, 1.807) is 6.33 Å². The molecule has 1 saturated heterocycles. The number of anilines is 4. The molecule has 0 radical (unpaired) electrons. The number of aryl methyl sites for hydroxylation is 2. The third-order valence-corrected chi connectivity index (χ3v) is 4.72. The van der Waals surface area contributed by atoms with Crippen molar-refractivity contribution >= 4 is 23.1 Å². The van der Waals surface area contributed by atoms with E-state index < -0.39 is 0 Å². The van der Waals surface area contributed by atoms with Crippen molar-refractivity contribution in [1.82, 2.24) is 15.0 Å². The Labute approximate surface area is 159 Å². The molecule has 1 fully saturated rings. The molecule has 0 bridgehead atoms. The van der Waals surface area contributed by atoms with Gasteiger partial charge in [-0.3, -0.25) is 0 Å². The summed E-state index contributed by atoms with van der Waals surface area (Å²) < 4.78 is 0. The lowest BCUT2D eigenvalue weighted by atomic mass is 10.1. The summed E-state index contributed by atoms with van der Waals surface area (Å²) in [5.74, 6) is 2.81. The number of nitrogens with zero attached hydrogens (tertiary/aromatic N) is 5. The van der Waals surface area contributed by atoms with Gasteiger partial charge in [-0.2, -0.15) is 0 Å². The van der Waals surface area contributed by atoms with E-state index >= 15 is 0 Å². The zero-order chi connectivity index (χ0) is 18.6. The molecule has 1 N–H and O–H groups in total. The Morgan fingerprint density at radius 3 is 2.15 bits per heavy atom. The van der Waals surface area contributed by atoms with Gasteiger partial charge < -0.3 is 15.1 Å². The van der Waals surface area contributed by atoms with E-state index in [2.05, 4.69) is 68.2 Å². The number of rotatable bonds is 4. The fraction of sp³-hybridized carbons (Fsp3) is 0.286. The van der Waals surface area contributed by atoms with Gasteiger partial charge in [0.05, 0.1) is 0 Å². The third kappa shape index (κ3) is 4.16. The van der Waals surface area contributed by atoms with Crippen LogP contribution >= 0.6 is 0 Å². The molecule has 6 heteroatoms. The minimum Gasteiger partial charge on any atom is -0.353 e. The first kappa shape index (κ1) is 17.3. The van der Waals surface area contributed by atoms with Crippen LogP contribution in [0.3, 0.4) is 0 Å². The largest absolute Gasteiger partial charge is 0.353 e. The summed E-state index contributed by atoms with van der Waals surface area (Å²) in [6.07, 6.45) is 3.47. The molecule has 0 amide bonds. The van der Waals surface area contributed by atoms with Gasteiger partial charge >= 0.3 is 0 Å². The first-order chi connectivity index (χ1) is 13.2. The van der Waals surface area contributed by atoms with Crippen molar-refractivity contribution in [3.8, 4) is 0 Å². The lowest BCUT2D eigenvalue weighted by molar-refractivity contribution is 0.641. The van der Waals surface area contributed by atoms with Gasteiger partial charge in [-0.05, 0) is 49.2 Å². The Morgan fingerprint density at radius 1 is 0.778 bits per heavy atom. The summed E-state index contributed by atoms with van der Waals surface area (Å²) in [6, 6.07) is 14.5. The molecule has 4 rings (SSSR count). The van der Waals surface area contributed by atoms with E-state index in [0.717, 1.165) is 49.3 Å². The summed E-state index contributed by atoms with van der Waals surface area (Å²) in [7, 11) is 0. The monoisotopic (exact) mass is 360 g/mol. The van der Waals surface area contributed by atoms with Crippen molar-refractivity contribution in [3.63, 3.8) is 0 Å². The second kappa shape index (κ2) is 7.61. The fourth-order valence-electron chi connectivity index (χ4n) is 3.49. The number of hydrogen-bond donors (Lipinski definition) is 1. The van der Waals surface area contributed by atoms with E-state index in [4.69, 9.17) is 0 Å². The minimum atomic E-state index is 0.817. The molecule has 27 heavy (non-hydrogen) atoms. The van der Waals surface area contributed by atoms with E-state index in [1.807, 2.05) is 24.4 Å². The molecule has 1 aliphatic heterocycles. The summed E-state index contributed by atoms with van der Waals surface area (Å²) in [5, 5.41) is 3.40. The third-order valence-electron chi connectivity index (χ3n) is 4.72. The first-order valence-corrected chi connectivity index (χ1v) is 9.26. The van der Waals surface area contributed by atoms with E-state index in [1.165, 1.54) is 11.1 Å². The van der Waals surface area contributed by atoms with Gasteiger partial charge in [0, 0.05) is 44.1 Å². The Hall–Kier alpha value is -3.15. The molecule has 0 unspecified atom stereocenters. The quantitative estimate of drug-likeness (QED) is 0.768. The second-order valence-corrected chi connectivity index (χ2v) is 6.92. The molecule has 0 spiro atoms. The van der Waals surface area contributed by atoms with Gasteiger partial charge in [0.25, 0.3) is 0 Å². The number of nitrogens with one attached hydrogen (secondary N) is 1. The van der Waals surface area contributed by atoms with E-state index in [-0.39, 0.29) is 0 Å². The number of piperazine rings is 1. The van der Waals surface area contributed by atoms with E-state index in [0.29, 0.717) is 0 Å². The maximum absolute atomic E-state index is 4.48. The van der Waals surface area contributed by atoms with Gasteiger partial charge in [-0.15, -0.1) is 0 Å². The molecule has 0 atom stereocenters. The lowest BCUT2D eigenvalue weighted by Crippen LogP contribution is -2.47. The maximum Gasteiger partial charge on any atom is 0.135 e. The van der Waals surface area contributed by atoms with Gasteiger partial charge in [-0.25, -0.2) is 15.0 Å². The topological polar surface area (TPSA) is 57.2 Å². The normalized spacial score (nSPS) is 14.3. The molecule has 138 valence electrons. The SMILES string of the molecule is Cc1cc(C)cc(Nc2cc(N3CCN(c4ccccn4)CC3)ncn2)c1. The Balaban J connectivity index is 1.44. The standard InChI is InChI=1S/C21H24N6/c1-16-11-17(2)13-18(12-16)25-19-14-21(24-15-23-19)27-9-7-26(8-10-27)20-5-3-4-6-22-20/h3-6,11-15H,7-10H2,1-2H3,(H,23,24,25). The molecule has 3 aromatic rings. The summed E-state index contributed by atoms with van der Waals surface area (Å²) in [4.78, 5) is 17.9. The van der Waals surface area contributed by atoms with Crippen LogP contribution in [-0.2, 0) is 0 Å². The molecule has 6 nitrogen and oxygen atoms in total. The van der Waals surface area contributed by atoms with Crippen LogP contribution in [-0.4, -0.2) is 41.1 Å². The Morgan fingerprint density at radius 2 is 1.48 bits per heavy atom. The smallest absolute Gasteiger partial charge is 0.135 e. The first-order valence-electron chi connectivity index (χ1n) is 9.26. The summed E-state index contributed by atoms with van der Waals surface area (Å²) in [5.41, 5.74) is 3.52. The van der Waals surface area contributed by atoms with Gasteiger partial charge in [0.2, 0.25) is 0 Å². The number of pyridine rings is 1. The predicted octanol–water partition coefficient (Wildman–Crippen LogP) is 3.56. The lowest BCUT2D eigenvalue weighted by Gasteiger charge is -2.36. The summed E-state index contributed by atoms with van der Waals surface area (Å²) in [6.45, 7) is 7.89. The minimum absolute atomic E-state index is 0.817. The van der Waals surface area contributed by atoms with Crippen LogP contribution < -0.4 is 15.1 Å². The second-order valence-electron chi connectivity index (χ2n) is 6.92.